The summed E-state index contributed by atoms with van der Waals surface area (Å²) in [7, 11) is -3.00. The van der Waals surface area contributed by atoms with Gasteiger partial charge in [-0.1, -0.05) is 0 Å². The topological polar surface area (TPSA) is 75.3 Å². The predicted molar refractivity (Wildman–Crippen MR) is 58.4 cm³/mol. The molecule has 0 aromatic heterocycles. The van der Waals surface area contributed by atoms with E-state index < -0.39 is 15.4 Å². The van der Waals surface area contributed by atoms with Gasteiger partial charge in [-0.3, -0.25) is 4.79 Å². The van der Waals surface area contributed by atoms with Crippen LogP contribution < -0.4 is 10.6 Å². The highest BCUT2D eigenvalue weighted by Crippen LogP contribution is 2.18. The summed E-state index contributed by atoms with van der Waals surface area (Å²) in [5.41, 5.74) is -0.516. The van der Waals surface area contributed by atoms with E-state index in [-0.39, 0.29) is 18.2 Å². The van der Waals surface area contributed by atoms with Crippen LogP contribution in [0, 0.1) is 0 Å². The van der Waals surface area contributed by atoms with Crippen molar-refractivity contribution in [2.75, 3.05) is 25.1 Å². The first-order valence-corrected chi connectivity index (χ1v) is 7.11. The van der Waals surface area contributed by atoms with Gasteiger partial charge in [0.05, 0.1) is 11.3 Å². The molecule has 1 saturated heterocycles. The van der Waals surface area contributed by atoms with Crippen LogP contribution in [0.25, 0.3) is 0 Å². The molecule has 0 radical (unpaired) electrons. The van der Waals surface area contributed by atoms with Gasteiger partial charge < -0.3 is 10.6 Å². The zero-order chi connectivity index (χ0) is 11.5. The third-order valence-corrected chi connectivity index (χ3v) is 3.57. The first kappa shape index (κ1) is 12.4. The fraction of sp³-hybridized carbons (Fsp3) is 0.889. The van der Waals surface area contributed by atoms with E-state index in [9.17, 15) is 13.2 Å². The summed E-state index contributed by atoms with van der Waals surface area (Å²) < 4.78 is 21.7. The van der Waals surface area contributed by atoms with Crippen LogP contribution in [-0.2, 0) is 14.6 Å². The number of hydrogen-bond acceptors (Lipinski definition) is 4. The molecule has 88 valence electrons. The summed E-state index contributed by atoms with van der Waals surface area (Å²) in [5, 5.41) is 5.76. The number of amides is 1. The van der Waals surface area contributed by atoms with Crippen LogP contribution in [0.15, 0.2) is 0 Å². The lowest BCUT2D eigenvalue weighted by Gasteiger charge is -2.22. The molecule has 1 atom stereocenters. The third-order valence-electron chi connectivity index (χ3n) is 2.63. The zero-order valence-corrected chi connectivity index (χ0v) is 9.99. The Kier molecular flexibility index (Phi) is 3.72. The highest BCUT2D eigenvalue weighted by atomic mass is 32.2. The van der Waals surface area contributed by atoms with Gasteiger partial charge in [0.25, 0.3) is 0 Å². The second kappa shape index (κ2) is 4.49. The standard InChI is InChI=1S/C9H18N2O3S/c1-9(4-3-5-11-9)8(12)10-6-7-15(2,13)14/h11H,3-7H2,1-2H3,(H,10,12). The normalized spacial score (nSPS) is 26.5. The van der Waals surface area contributed by atoms with Crippen molar-refractivity contribution in [1.29, 1.82) is 0 Å². The van der Waals surface area contributed by atoms with Crippen molar-refractivity contribution < 1.29 is 13.2 Å². The smallest absolute Gasteiger partial charge is 0.240 e. The van der Waals surface area contributed by atoms with Crippen molar-refractivity contribution in [2.24, 2.45) is 0 Å². The van der Waals surface area contributed by atoms with E-state index in [0.29, 0.717) is 0 Å². The molecule has 0 aliphatic carbocycles. The number of sulfone groups is 1. The molecule has 0 aromatic rings. The predicted octanol–water partition coefficient (Wildman–Crippen LogP) is -0.711. The SMILES string of the molecule is CC1(C(=O)NCCS(C)(=O)=O)CCCN1. The van der Waals surface area contributed by atoms with Crippen LogP contribution in [0.1, 0.15) is 19.8 Å². The van der Waals surface area contributed by atoms with Crippen LogP contribution >= 0.6 is 0 Å². The third kappa shape index (κ3) is 3.79. The maximum Gasteiger partial charge on any atom is 0.240 e. The number of hydrogen-bond donors (Lipinski definition) is 2. The number of carbonyl (C=O) groups is 1. The molecule has 1 rings (SSSR count). The summed E-state index contributed by atoms with van der Waals surface area (Å²) in [6.07, 6.45) is 2.95. The van der Waals surface area contributed by atoms with Gasteiger partial charge >= 0.3 is 0 Å². The molecule has 6 heteroatoms. The van der Waals surface area contributed by atoms with E-state index >= 15 is 0 Å². The molecule has 15 heavy (non-hydrogen) atoms. The molecular formula is C9H18N2O3S. The van der Waals surface area contributed by atoms with E-state index in [4.69, 9.17) is 0 Å². The van der Waals surface area contributed by atoms with E-state index in [0.717, 1.165) is 25.6 Å². The lowest BCUT2D eigenvalue weighted by Crippen LogP contribution is -2.51. The largest absolute Gasteiger partial charge is 0.353 e. The van der Waals surface area contributed by atoms with Gasteiger partial charge in [0.1, 0.15) is 9.84 Å². The van der Waals surface area contributed by atoms with Crippen LogP contribution in [0.4, 0.5) is 0 Å². The minimum Gasteiger partial charge on any atom is -0.353 e. The first-order chi connectivity index (χ1) is 6.83. The molecule has 1 aliphatic rings. The fourth-order valence-corrected chi connectivity index (χ4v) is 2.11. The van der Waals surface area contributed by atoms with Crippen LogP contribution in [0.2, 0.25) is 0 Å². The zero-order valence-electron chi connectivity index (χ0n) is 9.17. The average Bonchev–Trinajstić information content (AvgIpc) is 2.51. The van der Waals surface area contributed by atoms with E-state index in [1.165, 1.54) is 0 Å². The Morgan fingerprint density at radius 1 is 1.53 bits per heavy atom. The van der Waals surface area contributed by atoms with Gasteiger partial charge in [0.2, 0.25) is 5.91 Å². The van der Waals surface area contributed by atoms with Crippen molar-refractivity contribution in [3.63, 3.8) is 0 Å². The van der Waals surface area contributed by atoms with Crippen LogP contribution in [0.5, 0.6) is 0 Å². The van der Waals surface area contributed by atoms with E-state index in [1.54, 1.807) is 0 Å². The van der Waals surface area contributed by atoms with Crippen molar-refractivity contribution in [2.45, 2.75) is 25.3 Å². The molecule has 1 unspecified atom stereocenters. The molecule has 1 fully saturated rings. The van der Waals surface area contributed by atoms with Gasteiger partial charge in [-0.15, -0.1) is 0 Å². The van der Waals surface area contributed by atoms with Crippen LogP contribution in [-0.4, -0.2) is 45.0 Å². The summed E-state index contributed by atoms with van der Waals surface area (Å²) in [6.45, 7) is 2.88. The minimum atomic E-state index is -3.00. The maximum atomic E-state index is 11.7. The second-order valence-corrected chi connectivity index (χ2v) is 6.51. The first-order valence-electron chi connectivity index (χ1n) is 5.05. The van der Waals surface area contributed by atoms with E-state index in [2.05, 4.69) is 10.6 Å². The molecule has 0 spiro atoms. The lowest BCUT2D eigenvalue weighted by molar-refractivity contribution is -0.126. The average molecular weight is 234 g/mol. The highest BCUT2D eigenvalue weighted by molar-refractivity contribution is 7.90. The summed E-state index contributed by atoms with van der Waals surface area (Å²) in [4.78, 5) is 11.7. The Morgan fingerprint density at radius 2 is 2.20 bits per heavy atom. The van der Waals surface area contributed by atoms with Gasteiger partial charge in [-0.2, -0.15) is 0 Å². The Labute approximate surface area is 90.5 Å². The highest BCUT2D eigenvalue weighted by Gasteiger charge is 2.35. The molecule has 0 bridgehead atoms. The van der Waals surface area contributed by atoms with Crippen molar-refractivity contribution in [3.8, 4) is 0 Å². The van der Waals surface area contributed by atoms with Gasteiger partial charge in [0.15, 0.2) is 0 Å². The Bertz CT molecular complexity index is 331. The summed E-state index contributed by atoms with van der Waals surface area (Å²) in [5.74, 6) is -0.113. The maximum absolute atomic E-state index is 11.7. The number of rotatable bonds is 4. The van der Waals surface area contributed by atoms with E-state index in [1.807, 2.05) is 6.92 Å². The van der Waals surface area contributed by atoms with Gasteiger partial charge in [-0.05, 0) is 26.3 Å². The van der Waals surface area contributed by atoms with Gasteiger partial charge in [0, 0.05) is 12.8 Å². The Hall–Kier alpha value is -0.620. The monoisotopic (exact) mass is 234 g/mol. The quantitative estimate of drug-likeness (QED) is 0.674. The van der Waals surface area contributed by atoms with Crippen LogP contribution in [0.3, 0.4) is 0 Å². The summed E-state index contributed by atoms with van der Waals surface area (Å²) in [6, 6.07) is 0. The Balaban J connectivity index is 2.36. The molecule has 0 saturated carbocycles. The van der Waals surface area contributed by atoms with Crippen molar-refractivity contribution in [3.05, 3.63) is 0 Å². The van der Waals surface area contributed by atoms with Gasteiger partial charge in [-0.25, -0.2) is 8.42 Å². The second-order valence-electron chi connectivity index (χ2n) is 4.25. The molecule has 1 aliphatic heterocycles. The molecule has 1 amide bonds. The lowest BCUT2D eigenvalue weighted by atomic mass is 9.99. The molecule has 1 heterocycles. The van der Waals surface area contributed by atoms with Crippen molar-refractivity contribution >= 4 is 15.7 Å². The number of nitrogens with one attached hydrogen (secondary N) is 2. The van der Waals surface area contributed by atoms with Crippen molar-refractivity contribution in [1.82, 2.24) is 10.6 Å². The number of carbonyl (C=O) groups excluding carboxylic acids is 1. The minimum absolute atomic E-state index is 0.00514. The molecule has 2 N–H and O–H groups in total. The molecule has 5 nitrogen and oxygen atoms in total. The molecular weight excluding hydrogens is 216 g/mol. The fourth-order valence-electron chi connectivity index (χ4n) is 1.63. The Morgan fingerprint density at radius 3 is 2.67 bits per heavy atom. The summed E-state index contributed by atoms with van der Waals surface area (Å²) >= 11 is 0. The molecule has 0 aromatic carbocycles.